The molecule has 2 aromatic rings. The van der Waals surface area contributed by atoms with E-state index in [4.69, 9.17) is 9.47 Å². The fourth-order valence-electron chi connectivity index (χ4n) is 2.74. The molecule has 0 spiro atoms. The Kier molecular flexibility index (Phi) is 3.54. The molecule has 0 saturated carbocycles. The van der Waals surface area contributed by atoms with Crippen LogP contribution in [0.25, 0.3) is 6.08 Å². The molecule has 0 atom stereocenters. The van der Waals surface area contributed by atoms with Gasteiger partial charge in [0, 0.05) is 0 Å². The minimum atomic E-state index is -0.131. The van der Waals surface area contributed by atoms with E-state index >= 15 is 0 Å². The molecule has 5 heteroatoms. The Labute approximate surface area is 139 Å². The molecule has 0 fully saturated rings. The first-order valence-electron chi connectivity index (χ1n) is 7.79. The smallest absolute Gasteiger partial charge is 0.280 e. The number of hydrogen-bond acceptors (Lipinski definition) is 4. The van der Waals surface area contributed by atoms with Crippen LogP contribution in [0.3, 0.4) is 0 Å². The summed E-state index contributed by atoms with van der Waals surface area (Å²) in [6, 6.07) is 15.1. The van der Waals surface area contributed by atoms with Gasteiger partial charge in [0.15, 0.2) is 11.5 Å². The summed E-state index contributed by atoms with van der Waals surface area (Å²) in [4.78, 5) is 12.7. The average Bonchev–Trinajstić information content (AvgIpc) is 2.90. The average molecular weight is 320 g/mol. The molecule has 4 rings (SSSR count). The van der Waals surface area contributed by atoms with E-state index in [9.17, 15) is 4.79 Å². The highest BCUT2D eigenvalue weighted by molar-refractivity contribution is 6.32. The second kappa shape index (κ2) is 5.85. The molecule has 2 aromatic carbocycles. The van der Waals surface area contributed by atoms with Crippen LogP contribution < -0.4 is 14.5 Å². The van der Waals surface area contributed by atoms with E-state index in [2.05, 4.69) is 5.10 Å². The molecular weight excluding hydrogens is 304 g/mol. The van der Waals surface area contributed by atoms with Gasteiger partial charge in [0.05, 0.1) is 17.0 Å². The molecule has 2 heterocycles. The van der Waals surface area contributed by atoms with Crippen LogP contribution in [-0.4, -0.2) is 24.8 Å². The summed E-state index contributed by atoms with van der Waals surface area (Å²) in [5, 5.41) is 5.81. The van der Waals surface area contributed by atoms with E-state index in [0.717, 1.165) is 17.0 Å². The lowest BCUT2D eigenvalue weighted by Crippen LogP contribution is -2.21. The van der Waals surface area contributed by atoms with Crippen LogP contribution in [0.2, 0.25) is 0 Å². The monoisotopic (exact) mass is 320 g/mol. The van der Waals surface area contributed by atoms with Gasteiger partial charge in [-0.2, -0.15) is 10.1 Å². The second-order valence-corrected chi connectivity index (χ2v) is 5.60. The van der Waals surface area contributed by atoms with E-state index < -0.39 is 0 Å². The highest BCUT2D eigenvalue weighted by Gasteiger charge is 2.28. The van der Waals surface area contributed by atoms with Gasteiger partial charge in [-0.15, -0.1) is 0 Å². The lowest BCUT2D eigenvalue weighted by atomic mass is 10.1. The molecule has 0 N–H and O–H groups in total. The number of benzene rings is 2. The number of fused-ring (bicyclic) bond motifs is 1. The maximum absolute atomic E-state index is 12.7. The molecule has 0 saturated heterocycles. The van der Waals surface area contributed by atoms with Crippen molar-refractivity contribution in [3.8, 4) is 11.5 Å². The summed E-state index contributed by atoms with van der Waals surface area (Å²) in [7, 11) is 0. The SMILES string of the molecule is CC1=NN(c2ccccc2)C(=O)/C1=C/c1ccc2c(c1)OCCO2. The second-order valence-electron chi connectivity index (χ2n) is 5.60. The summed E-state index contributed by atoms with van der Waals surface area (Å²) >= 11 is 0. The third kappa shape index (κ3) is 2.54. The molecule has 0 aliphatic carbocycles. The van der Waals surface area contributed by atoms with Gasteiger partial charge in [0.2, 0.25) is 0 Å². The largest absolute Gasteiger partial charge is 0.486 e. The Morgan fingerprint density at radius 1 is 1.04 bits per heavy atom. The Hall–Kier alpha value is -3.08. The molecule has 1 amide bonds. The van der Waals surface area contributed by atoms with Crippen molar-refractivity contribution in [1.29, 1.82) is 0 Å². The zero-order valence-corrected chi connectivity index (χ0v) is 13.2. The van der Waals surface area contributed by atoms with Crippen LogP contribution in [0.4, 0.5) is 5.69 Å². The predicted molar refractivity (Wildman–Crippen MR) is 92.4 cm³/mol. The molecule has 0 radical (unpaired) electrons. The summed E-state index contributed by atoms with van der Waals surface area (Å²) in [5.74, 6) is 1.31. The molecule has 0 bridgehead atoms. The van der Waals surface area contributed by atoms with Gasteiger partial charge in [0.1, 0.15) is 13.2 Å². The zero-order valence-electron chi connectivity index (χ0n) is 13.2. The number of hydrazone groups is 1. The zero-order chi connectivity index (χ0) is 16.5. The van der Waals surface area contributed by atoms with Crippen molar-refractivity contribution in [2.75, 3.05) is 18.2 Å². The number of nitrogens with zero attached hydrogens (tertiary/aromatic N) is 2. The van der Waals surface area contributed by atoms with Gasteiger partial charge in [0.25, 0.3) is 5.91 Å². The van der Waals surface area contributed by atoms with Crippen molar-refractivity contribution in [3.63, 3.8) is 0 Å². The van der Waals surface area contributed by atoms with Gasteiger partial charge in [-0.25, -0.2) is 0 Å². The number of para-hydroxylation sites is 1. The molecule has 0 aromatic heterocycles. The van der Waals surface area contributed by atoms with Crippen molar-refractivity contribution in [1.82, 2.24) is 0 Å². The van der Waals surface area contributed by atoms with Gasteiger partial charge in [-0.3, -0.25) is 4.79 Å². The van der Waals surface area contributed by atoms with Crippen LogP contribution in [0.5, 0.6) is 11.5 Å². The number of carbonyl (C=O) groups is 1. The molecule has 2 aliphatic rings. The van der Waals surface area contributed by atoms with Crippen LogP contribution in [0.15, 0.2) is 59.2 Å². The number of hydrogen-bond donors (Lipinski definition) is 0. The van der Waals surface area contributed by atoms with E-state index in [-0.39, 0.29) is 5.91 Å². The molecule has 5 nitrogen and oxygen atoms in total. The van der Waals surface area contributed by atoms with E-state index in [0.29, 0.717) is 30.2 Å². The third-order valence-corrected chi connectivity index (χ3v) is 3.94. The maximum Gasteiger partial charge on any atom is 0.280 e. The molecule has 120 valence electrons. The first-order chi connectivity index (χ1) is 11.7. The highest BCUT2D eigenvalue weighted by atomic mass is 16.6. The molecular formula is C19H16N2O3. The van der Waals surface area contributed by atoms with E-state index in [1.165, 1.54) is 5.01 Å². The normalized spacial score (nSPS) is 18.0. The first kappa shape index (κ1) is 14.5. The van der Waals surface area contributed by atoms with Crippen LogP contribution in [-0.2, 0) is 4.79 Å². The molecule has 2 aliphatic heterocycles. The van der Waals surface area contributed by atoms with E-state index in [1.54, 1.807) is 0 Å². The Morgan fingerprint density at radius 3 is 2.58 bits per heavy atom. The van der Waals surface area contributed by atoms with Crippen LogP contribution in [0, 0.1) is 0 Å². The summed E-state index contributed by atoms with van der Waals surface area (Å²) in [5.41, 5.74) is 2.91. The fraction of sp³-hybridized carbons (Fsp3) is 0.158. The lowest BCUT2D eigenvalue weighted by Gasteiger charge is -2.18. The van der Waals surface area contributed by atoms with Crippen LogP contribution in [0.1, 0.15) is 12.5 Å². The topological polar surface area (TPSA) is 51.1 Å². The maximum atomic E-state index is 12.7. The summed E-state index contributed by atoms with van der Waals surface area (Å²) in [6.45, 7) is 2.93. The van der Waals surface area contributed by atoms with Crippen molar-refractivity contribution in [2.45, 2.75) is 6.92 Å². The van der Waals surface area contributed by atoms with Crippen molar-refractivity contribution in [3.05, 3.63) is 59.7 Å². The van der Waals surface area contributed by atoms with Gasteiger partial charge >= 0.3 is 0 Å². The number of rotatable bonds is 2. The number of ether oxygens (including phenoxy) is 2. The van der Waals surface area contributed by atoms with E-state index in [1.807, 2.05) is 61.5 Å². The van der Waals surface area contributed by atoms with Crippen molar-refractivity contribution in [2.24, 2.45) is 5.10 Å². The molecule has 24 heavy (non-hydrogen) atoms. The minimum absolute atomic E-state index is 0.131. The Morgan fingerprint density at radius 2 is 1.79 bits per heavy atom. The quantitative estimate of drug-likeness (QED) is 0.798. The molecule has 0 unspecified atom stereocenters. The van der Waals surface area contributed by atoms with Gasteiger partial charge in [-0.05, 0) is 42.8 Å². The number of anilines is 1. The third-order valence-electron chi connectivity index (χ3n) is 3.94. The van der Waals surface area contributed by atoms with Gasteiger partial charge < -0.3 is 9.47 Å². The standard InChI is InChI=1S/C19H16N2O3/c1-13-16(19(22)21(20-13)15-5-3-2-4-6-15)11-14-7-8-17-18(12-14)24-10-9-23-17/h2-8,11-12H,9-10H2,1H3/b16-11+. The number of amides is 1. The predicted octanol–water partition coefficient (Wildman–Crippen LogP) is 3.26. The van der Waals surface area contributed by atoms with Gasteiger partial charge in [-0.1, -0.05) is 24.3 Å². The summed E-state index contributed by atoms with van der Waals surface area (Å²) < 4.78 is 11.1. The van der Waals surface area contributed by atoms with Crippen molar-refractivity contribution >= 4 is 23.4 Å². The first-order valence-corrected chi connectivity index (χ1v) is 7.79. The van der Waals surface area contributed by atoms with Crippen molar-refractivity contribution < 1.29 is 14.3 Å². The highest BCUT2D eigenvalue weighted by Crippen LogP contribution is 2.32. The Balaban J connectivity index is 1.66. The lowest BCUT2D eigenvalue weighted by molar-refractivity contribution is -0.114. The fourth-order valence-corrected chi connectivity index (χ4v) is 2.74. The Bertz CT molecular complexity index is 856. The van der Waals surface area contributed by atoms with Crippen LogP contribution >= 0.6 is 0 Å². The minimum Gasteiger partial charge on any atom is -0.486 e. The number of carbonyl (C=O) groups excluding carboxylic acids is 1. The summed E-state index contributed by atoms with van der Waals surface area (Å²) in [6.07, 6.45) is 1.84.